The Bertz CT molecular complexity index is 902. The van der Waals surface area contributed by atoms with Gasteiger partial charge in [0.05, 0.1) is 0 Å². The number of carbonyl (C=O) groups excluding carboxylic acids is 1. The minimum absolute atomic E-state index is 0.00420. The Hall–Kier alpha value is -2.52. The van der Waals surface area contributed by atoms with E-state index in [1.54, 1.807) is 18.2 Å². The molecule has 2 heterocycles. The SMILES string of the molecule is CC1=NN(C(=O)c2ccn(COc3ccc(Cl)c(C)c3)n2)[C@](O)(C(F)F)C1. The van der Waals surface area contributed by atoms with Gasteiger partial charge in [-0.05, 0) is 43.7 Å². The number of benzene rings is 1. The van der Waals surface area contributed by atoms with Gasteiger partial charge in [0, 0.05) is 23.4 Å². The van der Waals surface area contributed by atoms with E-state index in [2.05, 4.69) is 10.2 Å². The van der Waals surface area contributed by atoms with Crippen molar-refractivity contribution in [3.63, 3.8) is 0 Å². The largest absolute Gasteiger partial charge is 0.471 e. The molecule has 1 N–H and O–H groups in total. The Morgan fingerprint density at radius 1 is 1.41 bits per heavy atom. The molecule has 0 radical (unpaired) electrons. The van der Waals surface area contributed by atoms with Gasteiger partial charge < -0.3 is 9.84 Å². The summed E-state index contributed by atoms with van der Waals surface area (Å²) < 4.78 is 33.3. The summed E-state index contributed by atoms with van der Waals surface area (Å²) in [5, 5.41) is 18.9. The van der Waals surface area contributed by atoms with Crippen LogP contribution in [0, 0.1) is 6.92 Å². The monoisotopic (exact) mass is 398 g/mol. The average molecular weight is 399 g/mol. The number of hydrazone groups is 1. The molecule has 3 rings (SSSR count). The number of aryl methyl sites for hydroxylation is 1. The Morgan fingerprint density at radius 3 is 2.81 bits per heavy atom. The highest BCUT2D eigenvalue weighted by Crippen LogP contribution is 2.32. The molecule has 0 unspecified atom stereocenters. The molecule has 0 saturated carbocycles. The summed E-state index contributed by atoms with van der Waals surface area (Å²) in [5.41, 5.74) is -1.73. The first-order valence-electron chi connectivity index (χ1n) is 8.02. The quantitative estimate of drug-likeness (QED) is 0.839. The van der Waals surface area contributed by atoms with E-state index in [-0.39, 0.29) is 18.1 Å². The van der Waals surface area contributed by atoms with E-state index >= 15 is 0 Å². The number of amides is 1. The van der Waals surface area contributed by atoms with Crippen LogP contribution in [0.4, 0.5) is 8.78 Å². The Labute approximate surface area is 158 Å². The number of nitrogens with zero attached hydrogens (tertiary/aromatic N) is 4. The highest BCUT2D eigenvalue weighted by atomic mass is 35.5. The highest BCUT2D eigenvalue weighted by Gasteiger charge is 2.51. The van der Waals surface area contributed by atoms with Crippen LogP contribution in [0.25, 0.3) is 0 Å². The molecule has 1 aromatic heterocycles. The predicted octanol–water partition coefficient (Wildman–Crippen LogP) is 3.06. The van der Waals surface area contributed by atoms with E-state index in [1.807, 2.05) is 6.92 Å². The molecule has 0 fully saturated rings. The lowest BCUT2D eigenvalue weighted by molar-refractivity contribution is -0.164. The summed E-state index contributed by atoms with van der Waals surface area (Å²) in [4.78, 5) is 12.5. The number of halogens is 3. The van der Waals surface area contributed by atoms with Crippen LogP contribution in [0.15, 0.2) is 35.6 Å². The minimum atomic E-state index is -3.17. The van der Waals surface area contributed by atoms with Gasteiger partial charge in [-0.1, -0.05) is 11.6 Å². The third-order valence-corrected chi connectivity index (χ3v) is 4.47. The van der Waals surface area contributed by atoms with Crippen molar-refractivity contribution in [2.45, 2.75) is 39.1 Å². The van der Waals surface area contributed by atoms with Gasteiger partial charge in [0.25, 0.3) is 12.3 Å². The van der Waals surface area contributed by atoms with Gasteiger partial charge in [-0.3, -0.25) is 4.79 Å². The van der Waals surface area contributed by atoms with Crippen molar-refractivity contribution in [3.05, 3.63) is 46.7 Å². The van der Waals surface area contributed by atoms with Crippen LogP contribution in [0.3, 0.4) is 0 Å². The maximum atomic E-state index is 13.2. The van der Waals surface area contributed by atoms with Crippen molar-refractivity contribution in [1.29, 1.82) is 0 Å². The van der Waals surface area contributed by atoms with Crippen LogP contribution in [-0.4, -0.2) is 43.7 Å². The van der Waals surface area contributed by atoms with Crippen LogP contribution in [0.5, 0.6) is 5.75 Å². The zero-order chi connectivity index (χ0) is 19.8. The fourth-order valence-electron chi connectivity index (χ4n) is 2.64. The standard InChI is InChI=1S/C17H17ClF2N4O3/c1-10-7-12(3-4-13(10)18)27-9-23-6-5-14(22-23)15(25)24-17(26,16(19)20)8-11(2)21-24/h3-7,16,26H,8-9H2,1-2H3/t17-/m1/s1. The maximum Gasteiger partial charge on any atom is 0.297 e. The van der Waals surface area contributed by atoms with Gasteiger partial charge in [-0.15, -0.1) is 0 Å². The van der Waals surface area contributed by atoms with E-state index in [1.165, 1.54) is 23.9 Å². The van der Waals surface area contributed by atoms with E-state index in [4.69, 9.17) is 16.3 Å². The van der Waals surface area contributed by atoms with Crippen LogP contribution in [0.2, 0.25) is 5.02 Å². The van der Waals surface area contributed by atoms with Gasteiger partial charge in [-0.25, -0.2) is 13.5 Å². The Morgan fingerprint density at radius 2 is 2.15 bits per heavy atom. The van der Waals surface area contributed by atoms with Gasteiger partial charge >= 0.3 is 0 Å². The molecule has 1 aliphatic rings. The highest BCUT2D eigenvalue weighted by molar-refractivity contribution is 6.31. The molecule has 10 heteroatoms. The number of hydrogen-bond donors (Lipinski definition) is 1. The number of hydrogen-bond acceptors (Lipinski definition) is 5. The molecule has 0 spiro atoms. The van der Waals surface area contributed by atoms with Crippen LogP contribution in [-0.2, 0) is 6.73 Å². The summed E-state index contributed by atoms with van der Waals surface area (Å²) in [5.74, 6) is -0.358. The summed E-state index contributed by atoms with van der Waals surface area (Å²) in [7, 11) is 0. The smallest absolute Gasteiger partial charge is 0.297 e. The van der Waals surface area contributed by atoms with Crippen LogP contribution >= 0.6 is 11.6 Å². The number of ether oxygens (including phenoxy) is 1. The lowest BCUT2D eigenvalue weighted by Crippen LogP contribution is -2.51. The van der Waals surface area contributed by atoms with Gasteiger partial charge in [0.2, 0.25) is 5.72 Å². The molecular weight excluding hydrogens is 382 g/mol. The van der Waals surface area contributed by atoms with E-state index in [9.17, 15) is 18.7 Å². The Kier molecular flexibility index (Phi) is 5.16. The minimum Gasteiger partial charge on any atom is -0.471 e. The number of carbonyl (C=O) groups is 1. The molecule has 0 aliphatic carbocycles. The molecule has 27 heavy (non-hydrogen) atoms. The van der Waals surface area contributed by atoms with E-state index in [0.717, 1.165) is 5.56 Å². The molecule has 144 valence electrons. The third kappa shape index (κ3) is 3.79. The number of aromatic nitrogens is 2. The number of rotatable bonds is 5. The van der Waals surface area contributed by atoms with Crippen molar-refractivity contribution in [2.24, 2.45) is 5.10 Å². The van der Waals surface area contributed by atoms with Crippen LogP contribution in [0.1, 0.15) is 29.4 Å². The Balaban J connectivity index is 1.71. The molecule has 1 atom stereocenters. The van der Waals surface area contributed by atoms with Gasteiger partial charge in [0.15, 0.2) is 12.4 Å². The molecular formula is C17H17ClF2N4O3. The van der Waals surface area contributed by atoms with Crippen molar-refractivity contribution in [2.75, 3.05) is 0 Å². The van der Waals surface area contributed by atoms with Gasteiger partial charge in [0.1, 0.15) is 5.75 Å². The van der Waals surface area contributed by atoms with Crippen molar-refractivity contribution < 1.29 is 23.4 Å². The average Bonchev–Trinajstić information content (AvgIpc) is 3.20. The lowest BCUT2D eigenvalue weighted by Gasteiger charge is -2.29. The summed E-state index contributed by atoms with van der Waals surface area (Å²) in [6.45, 7) is 3.29. The molecule has 2 aromatic rings. The first-order chi connectivity index (χ1) is 12.7. The molecule has 0 saturated heterocycles. The number of alkyl halides is 2. The molecule has 1 amide bonds. The fourth-order valence-corrected chi connectivity index (χ4v) is 2.76. The lowest BCUT2D eigenvalue weighted by atomic mass is 10.1. The topological polar surface area (TPSA) is 80.0 Å². The van der Waals surface area contributed by atoms with E-state index < -0.39 is 24.5 Å². The van der Waals surface area contributed by atoms with Crippen molar-refractivity contribution >= 4 is 23.2 Å². The second-order valence-corrected chi connectivity index (χ2v) is 6.64. The normalized spacial score (nSPS) is 19.5. The van der Waals surface area contributed by atoms with E-state index in [0.29, 0.717) is 15.8 Å². The first kappa shape index (κ1) is 19.2. The second kappa shape index (κ2) is 7.24. The zero-order valence-electron chi connectivity index (χ0n) is 14.6. The maximum absolute atomic E-state index is 13.2. The number of aliphatic hydroxyl groups is 1. The van der Waals surface area contributed by atoms with Crippen molar-refractivity contribution in [1.82, 2.24) is 14.8 Å². The molecule has 1 aliphatic heterocycles. The third-order valence-electron chi connectivity index (χ3n) is 4.05. The first-order valence-corrected chi connectivity index (χ1v) is 8.40. The second-order valence-electron chi connectivity index (χ2n) is 6.23. The van der Waals surface area contributed by atoms with Crippen molar-refractivity contribution in [3.8, 4) is 5.75 Å². The molecule has 1 aromatic carbocycles. The summed E-state index contributed by atoms with van der Waals surface area (Å²) in [6, 6.07) is 6.48. The fraction of sp³-hybridized carbons (Fsp3) is 0.353. The summed E-state index contributed by atoms with van der Waals surface area (Å²) in [6.07, 6.45) is -2.12. The molecule has 7 nitrogen and oxygen atoms in total. The summed E-state index contributed by atoms with van der Waals surface area (Å²) >= 11 is 5.95. The van der Waals surface area contributed by atoms with Gasteiger partial charge in [-0.2, -0.15) is 15.2 Å². The molecule has 0 bridgehead atoms. The zero-order valence-corrected chi connectivity index (χ0v) is 15.3. The predicted molar refractivity (Wildman–Crippen MR) is 93.9 cm³/mol. The van der Waals surface area contributed by atoms with Crippen LogP contribution < -0.4 is 4.74 Å².